The van der Waals surface area contributed by atoms with Crippen molar-refractivity contribution in [2.75, 3.05) is 13.7 Å². The molecule has 19 heavy (non-hydrogen) atoms. The number of hydrogen-bond acceptors (Lipinski definition) is 4. The first-order chi connectivity index (χ1) is 9.01. The molecule has 0 saturated heterocycles. The molecule has 0 bridgehead atoms. The van der Waals surface area contributed by atoms with E-state index >= 15 is 0 Å². The number of fused-ring (bicyclic) bond motifs is 1. The zero-order chi connectivity index (χ0) is 14.2. The number of amides is 1. The van der Waals surface area contributed by atoms with Gasteiger partial charge in [0.15, 0.2) is 0 Å². The molecule has 1 heterocycles. The minimum atomic E-state index is -0.864. The predicted octanol–water partition coefficient (Wildman–Crippen LogP) is 2.19. The SMILES string of the molecule is COC(=O)CN1C(=O)c2c(ccc(Cl)c2Cl)C1C#N. The van der Waals surface area contributed by atoms with Crippen LogP contribution in [0.3, 0.4) is 0 Å². The second-order valence-corrected chi connectivity index (χ2v) is 4.65. The quantitative estimate of drug-likeness (QED) is 0.785. The molecule has 0 N–H and O–H groups in total. The Hall–Kier alpha value is -1.77. The Morgan fingerprint density at radius 1 is 1.53 bits per heavy atom. The van der Waals surface area contributed by atoms with Gasteiger partial charge in [-0.2, -0.15) is 5.26 Å². The largest absolute Gasteiger partial charge is 0.468 e. The van der Waals surface area contributed by atoms with Gasteiger partial charge in [0.2, 0.25) is 0 Å². The van der Waals surface area contributed by atoms with Crippen molar-refractivity contribution in [3.63, 3.8) is 0 Å². The molecule has 1 amide bonds. The molecule has 0 spiro atoms. The van der Waals surface area contributed by atoms with E-state index in [-0.39, 0.29) is 22.2 Å². The molecule has 0 saturated carbocycles. The molecule has 2 rings (SSSR count). The van der Waals surface area contributed by atoms with Gasteiger partial charge in [0, 0.05) is 5.56 Å². The van der Waals surface area contributed by atoms with Gasteiger partial charge < -0.3 is 9.64 Å². The molecule has 1 aromatic carbocycles. The van der Waals surface area contributed by atoms with E-state index in [0.717, 1.165) is 4.90 Å². The van der Waals surface area contributed by atoms with Gasteiger partial charge in [0.25, 0.3) is 5.91 Å². The number of esters is 1. The Kier molecular flexibility index (Phi) is 3.65. The number of methoxy groups -OCH3 is 1. The van der Waals surface area contributed by atoms with Gasteiger partial charge in [-0.25, -0.2) is 0 Å². The van der Waals surface area contributed by atoms with Crippen LogP contribution in [0.15, 0.2) is 12.1 Å². The molecule has 1 unspecified atom stereocenters. The van der Waals surface area contributed by atoms with Gasteiger partial charge in [-0.15, -0.1) is 0 Å². The van der Waals surface area contributed by atoms with E-state index in [9.17, 15) is 14.9 Å². The van der Waals surface area contributed by atoms with Crippen molar-refractivity contribution < 1.29 is 14.3 Å². The number of benzene rings is 1. The normalized spacial score (nSPS) is 17.1. The number of rotatable bonds is 2. The number of nitrogens with zero attached hydrogens (tertiary/aromatic N) is 2. The Labute approximate surface area is 119 Å². The van der Waals surface area contributed by atoms with Crippen LogP contribution in [0, 0.1) is 11.3 Å². The summed E-state index contributed by atoms with van der Waals surface area (Å²) in [7, 11) is 1.21. The second kappa shape index (κ2) is 5.08. The molecule has 0 aromatic heterocycles. The molecule has 0 aliphatic carbocycles. The van der Waals surface area contributed by atoms with Crippen molar-refractivity contribution in [3.8, 4) is 6.07 Å². The molecular formula is C12H8Cl2N2O3. The third-order valence-corrected chi connectivity index (χ3v) is 3.66. The second-order valence-electron chi connectivity index (χ2n) is 3.87. The first-order valence-electron chi connectivity index (χ1n) is 5.26. The van der Waals surface area contributed by atoms with Crippen LogP contribution in [-0.4, -0.2) is 30.4 Å². The summed E-state index contributed by atoms with van der Waals surface area (Å²) >= 11 is 11.8. The third-order valence-electron chi connectivity index (χ3n) is 2.86. The molecule has 7 heteroatoms. The minimum Gasteiger partial charge on any atom is -0.468 e. The van der Waals surface area contributed by atoms with Crippen LogP contribution in [-0.2, 0) is 9.53 Å². The van der Waals surface area contributed by atoms with Crippen LogP contribution in [0.25, 0.3) is 0 Å². The summed E-state index contributed by atoms with van der Waals surface area (Å²) in [5, 5.41) is 9.50. The Bertz CT molecular complexity index is 610. The minimum absolute atomic E-state index is 0.0942. The summed E-state index contributed by atoms with van der Waals surface area (Å²) in [4.78, 5) is 24.6. The van der Waals surface area contributed by atoms with E-state index in [1.165, 1.54) is 13.2 Å². The number of hydrogen-bond donors (Lipinski definition) is 0. The monoisotopic (exact) mass is 298 g/mol. The maximum absolute atomic E-state index is 12.2. The van der Waals surface area contributed by atoms with Crippen LogP contribution in [0.5, 0.6) is 0 Å². The Morgan fingerprint density at radius 2 is 2.21 bits per heavy atom. The standard InChI is InChI=1S/C12H8Cl2N2O3/c1-19-9(17)5-16-8(4-15)6-2-3-7(13)11(14)10(6)12(16)18/h2-3,8H,5H2,1H3. The fourth-order valence-electron chi connectivity index (χ4n) is 1.95. The molecular weight excluding hydrogens is 291 g/mol. The smallest absolute Gasteiger partial charge is 0.325 e. The van der Waals surface area contributed by atoms with Crippen molar-refractivity contribution in [2.45, 2.75) is 6.04 Å². The number of nitriles is 1. The lowest BCUT2D eigenvalue weighted by molar-refractivity contribution is -0.141. The molecule has 5 nitrogen and oxygen atoms in total. The van der Waals surface area contributed by atoms with Crippen molar-refractivity contribution in [3.05, 3.63) is 33.3 Å². The van der Waals surface area contributed by atoms with Gasteiger partial charge in [-0.05, 0) is 6.07 Å². The van der Waals surface area contributed by atoms with Crippen LogP contribution in [0.4, 0.5) is 0 Å². The molecule has 0 fully saturated rings. The molecule has 1 aliphatic heterocycles. The van der Waals surface area contributed by atoms with Crippen molar-refractivity contribution in [2.24, 2.45) is 0 Å². The summed E-state index contributed by atoms with van der Waals surface area (Å²) < 4.78 is 4.50. The van der Waals surface area contributed by atoms with E-state index in [0.29, 0.717) is 5.56 Å². The van der Waals surface area contributed by atoms with Crippen molar-refractivity contribution >= 4 is 35.1 Å². The van der Waals surface area contributed by atoms with Gasteiger partial charge in [0.05, 0.1) is 28.8 Å². The van der Waals surface area contributed by atoms with E-state index in [1.54, 1.807) is 6.07 Å². The van der Waals surface area contributed by atoms with Crippen LogP contribution in [0.2, 0.25) is 10.0 Å². The number of carbonyl (C=O) groups excluding carboxylic acids is 2. The zero-order valence-electron chi connectivity index (χ0n) is 9.81. The number of ether oxygens (including phenoxy) is 1. The van der Waals surface area contributed by atoms with Gasteiger partial charge in [-0.3, -0.25) is 9.59 Å². The van der Waals surface area contributed by atoms with Crippen LogP contribution >= 0.6 is 23.2 Å². The van der Waals surface area contributed by atoms with E-state index in [2.05, 4.69) is 4.74 Å². The Morgan fingerprint density at radius 3 is 2.79 bits per heavy atom. The number of carbonyl (C=O) groups is 2. The van der Waals surface area contributed by atoms with Crippen LogP contribution in [0.1, 0.15) is 22.0 Å². The third kappa shape index (κ3) is 2.14. The fourth-order valence-corrected chi connectivity index (χ4v) is 2.36. The summed E-state index contributed by atoms with van der Waals surface area (Å²) in [6.07, 6.45) is 0. The van der Waals surface area contributed by atoms with Crippen molar-refractivity contribution in [1.29, 1.82) is 5.26 Å². The lowest BCUT2D eigenvalue weighted by Gasteiger charge is -2.18. The summed E-state index contributed by atoms with van der Waals surface area (Å²) in [5.41, 5.74) is 0.621. The highest BCUT2D eigenvalue weighted by Crippen LogP contribution is 2.39. The first kappa shape index (κ1) is 13.7. The van der Waals surface area contributed by atoms with E-state index in [1.807, 2.05) is 6.07 Å². The van der Waals surface area contributed by atoms with Crippen LogP contribution < -0.4 is 0 Å². The predicted molar refractivity (Wildman–Crippen MR) is 67.9 cm³/mol. The Balaban J connectivity index is 2.49. The maximum Gasteiger partial charge on any atom is 0.325 e. The summed E-state index contributed by atoms with van der Waals surface area (Å²) in [6, 6.07) is 4.19. The molecule has 1 aliphatic rings. The highest BCUT2D eigenvalue weighted by atomic mass is 35.5. The van der Waals surface area contributed by atoms with E-state index in [4.69, 9.17) is 23.2 Å². The highest BCUT2D eigenvalue weighted by molar-refractivity contribution is 6.44. The fraction of sp³-hybridized carbons (Fsp3) is 0.250. The van der Waals surface area contributed by atoms with Gasteiger partial charge >= 0.3 is 5.97 Å². The molecule has 1 aromatic rings. The summed E-state index contributed by atoms with van der Waals surface area (Å²) in [5.74, 6) is -1.11. The first-order valence-corrected chi connectivity index (χ1v) is 6.02. The lowest BCUT2D eigenvalue weighted by atomic mass is 10.1. The topological polar surface area (TPSA) is 70.4 Å². The summed E-state index contributed by atoms with van der Waals surface area (Å²) in [6.45, 7) is -0.309. The molecule has 98 valence electrons. The maximum atomic E-state index is 12.2. The number of halogens is 2. The van der Waals surface area contributed by atoms with Crippen molar-refractivity contribution in [1.82, 2.24) is 4.90 Å². The average molecular weight is 299 g/mol. The average Bonchev–Trinajstić information content (AvgIpc) is 2.67. The van der Waals surface area contributed by atoms with Gasteiger partial charge in [-0.1, -0.05) is 29.3 Å². The highest BCUT2D eigenvalue weighted by Gasteiger charge is 2.40. The molecule has 0 radical (unpaired) electrons. The zero-order valence-corrected chi connectivity index (χ0v) is 11.3. The lowest BCUT2D eigenvalue weighted by Crippen LogP contribution is -2.33. The molecule has 1 atom stereocenters. The van der Waals surface area contributed by atoms with E-state index < -0.39 is 17.9 Å². The van der Waals surface area contributed by atoms with Gasteiger partial charge in [0.1, 0.15) is 12.6 Å².